The first-order valence-electron chi connectivity index (χ1n) is 5.61. The van der Waals surface area contributed by atoms with Crippen molar-refractivity contribution in [3.63, 3.8) is 0 Å². The summed E-state index contributed by atoms with van der Waals surface area (Å²) in [6.45, 7) is 0. The van der Waals surface area contributed by atoms with E-state index in [-0.39, 0.29) is 17.4 Å². The molecule has 0 aliphatic carbocycles. The molecule has 0 aliphatic heterocycles. The van der Waals surface area contributed by atoms with E-state index in [0.717, 1.165) is 0 Å². The fraction of sp³-hybridized carbons (Fsp3) is 0. The minimum Gasteiger partial charge on any atom is -0.409 e. The second-order valence-corrected chi connectivity index (χ2v) is 4.32. The van der Waals surface area contributed by atoms with Crippen molar-refractivity contribution in [2.45, 2.75) is 0 Å². The first-order valence-corrected chi connectivity index (χ1v) is 5.99. The third-order valence-corrected chi connectivity index (χ3v) is 2.72. The molecule has 0 bridgehead atoms. The van der Waals surface area contributed by atoms with Crippen molar-refractivity contribution in [1.29, 1.82) is 0 Å². The SMILES string of the molecule is NC(=NO)c1ccc(C(=O)Nc2cccc(Cl)c2)nc1. The minimum absolute atomic E-state index is 0.0701. The lowest BCUT2D eigenvalue weighted by Crippen LogP contribution is -2.16. The quantitative estimate of drug-likeness (QED) is 0.349. The van der Waals surface area contributed by atoms with Crippen LogP contribution in [0, 0.1) is 0 Å². The number of pyridine rings is 1. The number of halogens is 1. The second kappa shape index (κ2) is 6.03. The van der Waals surface area contributed by atoms with Crippen molar-refractivity contribution in [2.75, 3.05) is 5.32 Å². The van der Waals surface area contributed by atoms with Gasteiger partial charge in [-0.25, -0.2) is 0 Å². The number of hydrogen-bond acceptors (Lipinski definition) is 4. The Balaban J connectivity index is 2.14. The highest BCUT2D eigenvalue weighted by atomic mass is 35.5. The van der Waals surface area contributed by atoms with E-state index in [1.54, 1.807) is 24.3 Å². The lowest BCUT2D eigenvalue weighted by Gasteiger charge is -2.05. The zero-order valence-corrected chi connectivity index (χ0v) is 11.0. The Labute approximate surface area is 119 Å². The number of benzene rings is 1. The van der Waals surface area contributed by atoms with Crippen LogP contribution < -0.4 is 11.1 Å². The Hall–Kier alpha value is -2.60. The summed E-state index contributed by atoms with van der Waals surface area (Å²) in [5.74, 6) is -0.447. The number of carbonyl (C=O) groups is 1. The Morgan fingerprint density at radius 3 is 2.75 bits per heavy atom. The summed E-state index contributed by atoms with van der Waals surface area (Å²) in [6, 6.07) is 9.80. The van der Waals surface area contributed by atoms with Crippen molar-refractivity contribution in [2.24, 2.45) is 10.9 Å². The van der Waals surface area contributed by atoms with Gasteiger partial charge in [-0.3, -0.25) is 9.78 Å². The summed E-state index contributed by atoms with van der Waals surface area (Å²) in [5, 5.41) is 14.6. The van der Waals surface area contributed by atoms with Gasteiger partial charge in [-0.05, 0) is 30.3 Å². The Bertz CT molecular complexity index is 656. The van der Waals surface area contributed by atoms with Gasteiger partial charge in [0.2, 0.25) is 0 Å². The van der Waals surface area contributed by atoms with Crippen molar-refractivity contribution in [3.05, 3.63) is 58.9 Å². The maximum absolute atomic E-state index is 11.9. The molecule has 2 aromatic rings. The third-order valence-electron chi connectivity index (χ3n) is 2.48. The molecule has 20 heavy (non-hydrogen) atoms. The molecule has 1 amide bonds. The monoisotopic (exact) mass is 290 g/mol. The van der Waals surface area contributed by atoms with Gasteiger partial charge in [0.05, 0.1) is 0 Å². The first kappa shape index (κ1) is 13.8. The molecule has 0 unspecified atom stereocenters. The lowest BCUT2D eigenvalue weighted by atomic mass is 10.2. The maximum Gasteiger partial charge on any atom is 0.274 e. The van der Waals surface area contributed by atoms with E-state index in [1.165, 1.54) is 18.3 Å². The van der Waals surface area contributed by atoms with E-state index in [2.05, 4.69) is 15.5 Å². The highest BCUT2D eigenvalue weighted by Gasteiger charge is 2.09. The molecular formula is C13H11ClN4O2. The first-order chi connectivity index (χ1) is 9.60. The summed E-state index contributed by atoms with van der Waals surface area (Å²) < 4.78 is 0. The average Bonchev–Trinajstić information content (AvgIpc) is 2.46. The van der Waals surface area contributed by atoms with E-state index in [4.69, 9.17) is 22.5 Å². The molecule has 0 spiro atoms. The van der Waals surface area contributed by atoms with Gasteiger partial charge in [0.15, 0.2) is 5.84 Å². The standard InChI is InChI=1S/C13H11ClN4O2/c14-9-2-1-3-10(6-9)17-13(19)11-5-4-8(7-16-11)12(15)18-20/h1-7,20H,(H2,15,18)(H,17,19). The zero-order chi connectivity index (χ0) is 14.5. The van der Waals surface area contributed by atoms with Crippen molar-refractivity contribution in [1.82, 2.24) is 4.98 Å². The normalized spacial score (nSPS) is 11.2. The van der Waals surface area contributed by atoms with Crippen LogP contribution in [0.2, 0.25) is 5.02 Å². The molecule has 4 N–H and O–H groups in total. The van der Waals surface area contributed by atoms with Gasteiger partial charge in [0.25, 0.3) is 5.91 Å². The predicted octanol–water partition coefficient (Wildman–Crippen LogP) is 2.08. The van der Waals surface area contributed by atoms with Gasteiger partial charge >= 0.3 is 0 Å². The van der Waals surface area contributed by atoms with E-state index in [9.17, 15) is 4.79 Å². The Morgan fingerprint density at radius 1 is 1.35 bits per heavy atom. The predicted molar refractivity (Wildman–Crippen MR) is 76.2 cm³/mol. The van der Waals surface area contributed by atoms with Crippen molar-refractivity contribution >= 4 is 29.0 Å². The number of aromatic nitrogens is 1. The van der Waals surface area contributed by atoms with Gasteiger partial charge in [0, 0.05) is 22.5 Å². The van der Waals surface area contributed by atoms with Gasteiger partial charge in [-0.1, -0.05) is 22.8 Å². The molecule has 1 heterocycles. The summed E-state index contributed by atoms with van der Waals surface area (Å²) >= 11 is 5.83. The topological polar surface area (TPSA) is 101 Å². The van der Waals surface area contributed by atoms with Crippen LogP contribution >= 0.6 is 11.6 Å². The number of anilines is 1. The number of nitrogens with zero attached hydrogens (tertiary/aromatic N) is 2. The summed E-state index contributed by atoms with van der Waals surface area (Å²) in [7, 11) is 0. The fourth-order valence-electron chi connectivity index (χ4n) is 1.50. The largest absolute Gasteiger partial charge is 0.409 e. The van der Waals surface area contributed by atoms with Crippen LogP contribution in [0.1, 0.15) is 16.1 Å². The number of nitrogens with two attached hydrogens (primary N) is 1. The van der Waals surface area contributed by atoms with E-state index in [0.29, 0.717) is 16.3 Å². The van der Waals surface area contributed by atoms with Crippen LogP contribution in [0.15, 0.2) is 47.8 Å². The van der Waals surface area contributed by atoms with Gasteiger partial charge in [0.1, 0.15) is 5.69 Å². The Kier molecular flexibility index (Phi) is 4.17. The van der Waals surface area contributed by atoms with Crippen LogP contribution in [0.3, 0.4) is 0 Å². The number of nitrogens with one attached hydrogen (secondary N) is 1. The zero-order valence-electron chi connectivity index (χ0n) is 10.2. The second-order valence-electron chi connectivity index (χ2n) is 3.88. The van der Waals surface area contributed by atoms with Crippen LogP contribution in [-0.2, 0) is 0 Å². The number of amidine groups is 1. The number of oxime groups is 1. The van der Waals surface area contributed by atoms with E-state index < -0.39 is 0 Å². The molecule has 7 heteroatoms. The molecule has 0 aliphatic rings. The molecular weight excluding hydrogens is 280 g/mol. The van der Waals surface area contributed by atoms with E-state index in [1.807, 2.05) is 0 Å². The molecule has 1 aromatic carbocycles. The molecule has 2 rings (SSSR count). The molecule has 0 saturated heterocycles. The van der Waals surface area contributed by atoms with Gasteiger partial charge < -0.3 is 16.3 Å². The highest BCUT2D eigenvalue weighted by Crippen LogP contribution is 2.15. The maximum atomic E-state index is 11.9. The minimum atomic E-state index is -0.377. The summed E-state index contributed by atoms with van der Waals surface area (Å²) in [5.41, 5.74) is 6.61. The number of rotatable bonds is 3. The van der Waals surface area contributed by atoms with Crippen LogP contribution in [0.4, 0.5) is 5.69 Å². The van der Waals surface area contributed by atoms with Gasteiger partial charge in [-0.15, -0.1) is 0 Å². The summed E-state index contributed by atoms with van der Waals surface area (Å²) in [6.07, 6.45) is 1.35. The smallest absolute Gasteiger partial charge is 0.274 e. The van der Waals surface area contributed by atoms with Gasteiger partial charge in [-0.2, -0.15) is 0 Å². The number of hydrogen-bond donors (Lipinski definition) is 3. The van der Waals surface area contributed by atoms with Crippen LogP contribution in [0.25, 0.3) is 0 Å². The molecule has 0 fully saturated rings. The third kappa shape index (κ3) is 3.24. The lowest BCUT2D eigenvalue weighted by molar-refractivity contribution is 0.102. The van der Waals surface area contributed by atoms with Crippen molar-refractivity contribution in [3.8, 4) is 0 Å². The molecule has 0 radical (unpaired) electrons. The molecule has 1 aromatic heterocycles. The molecule has 0 saturated carbocycles. The molecule has 0 atom stereocenters. The van der Waals surface area contributed by atoms with Crippen LogP contribution in [0.5, 0.6) is 0 Å². The molecule has 102 valence electrons. The van der Waals surface area contributed by atoms with Crippen molar-refractivity contribution < 1.29 is 10.0 Å². The summed E-state index contributed by atoms with van der Waals surface area (Å²) in [4.78, 5) is 15.9. The molecule has 6 nitrogen and oxygen atoms in total. The Morgan fingerprint density at radius 2 is 2.15 bits per heavy atom. The van der Waals surface area contributed by atoms with Crippen LogP contribution in [-0.4, -0.2) is 21.9 Å². The highest BCUT2D eigenvalue weighted by molar-refractivity contribution is 6.30. The fourth-order valence-corrected chi connectivity index (χ4v) is 1.69. The average molecular weight is 291 g/mol. The number of carbonyl (C=O) groups excluding carboxylic acids is 1. The van der Waals surface area contributed by atoms with E-state index >= 15 is 0 Å². The number of amides is 1.